The summed E-state index contributed by atoms with van der Waals surface area (Å²) in [5.74, 6) is 0.239. The van der Waals surface area contributed by atoms with E-state index in [1.807, 2.05) is 0 Å². The zero-order chi connectivity index (χ0) is 22.0. The molecule has 2 fully saturated rings. The lowest BCUT2D eigenvalue weighted by Gasteiger charge is -2.37. The van der Waals surface area contributed by atoms with E-state index in [9.17, 15) is 14.0 Å². The van der Waals surface area contributed by atoms with Gasteiger partial charge in [0, 0.05) is 43.8 Å². The third kappa shape index (κ3) is 4.80. The Morgan fingerprint density at radius 1 is 1.23 bits per heavy atom. The van der Waals surface area contributed by atoms with Crippen molar-refractivity contribution in [3.05, 3.63) is 53.6 Å². The smallest absolute Gasteiger partial charge is 0.253 e. The zero-order valence-corrected chi connectivity index (χ0v) is 17.9. The second-order valence-electron chi connectivity index (χ2n) is 8.60. The number of nitrogens with zero attached hydrogens (tertiary/aromatic N) is 1. The van der Waals surface area contributed by atoms with Crippen molar-refractivity contribution in [2.45, 2.75) is 31.9 Å². The van der Waals surface area contributed by atoms with Crippen LogP contribution in [0.3, 0.4) is 0 Å². The number of hydrogen-bond donors (Lipinski definition) is 3. The lowest BCUT2D eigenvalue weighted by atomic mass is 9.77. The van der Waals surface area contributed by atoms with Crippen LogP contribution in [-0.4, -0.2) is 60.6 Å². The second-order valence-corrected chi connectivity index (χ2v) is 8.60. The number of aromatic nitrogens is 1. The quantitative estimate of drug-likeness (QED) is 0.660. The summed E-state index contributed by atoms with van der Waals surface area (Å²) in [6, 6.07) is 6.38. The molecule has 4 rings (SSSR count). The van der Waals surface area contributed by atoms with Crippen molar-refractivity contribution in [2.75, 3.05) is 32.1 Å². The van der Waals surface area contributed by atoms with E-state index in [0.29, 0.717) is 28.7 Å². The van der Waals surface area contributed by atoms with Crippen LogP contribution in [0.4, 0.5) is 10.1 Å². The van der Waals surface area contributed by atoms with Gasteiger partial charge in [-0.3, -0.25) is 14.5 Å². The summed E-state index contributed by atoms with van der Waals surface area (Å²) in [6.07, 6.45) is 5.03. The Balaban J connectivity index is 1.34. The number of nitrogens with one attached hydrogen (secondary N) is 3. The van der Waals surface area contributed by atoms with Crippen LogP contribution in [0.2, 0.25) is 0 Å². The molecule has 1 saturated carbocycles. The van der Waals surface area contributed by atoms with E-state index >= 15 is 0 Å². The maximum absolute atomic E-state index is 13.7. The van der Waals surface area contributed by atoms with Crippen LogP contribution in [0.15, 0.2) is 36.7 Å². The Bertz CT molecular complexity index is 933. The highest BCUT2D eigenvalue weighted by atomic mass is 19.1. The first-order chi connectivity index (χ1) is 14.9. The van der Waals surface area contributed by atoms with E-state index < -0.39 is 0 Å². The summed E-state index contributed by atoms with van der Waals surface area (Å²) < 4.78 is 19.4. The fraction of sp³-hybridized carbons (Fsp3) is 0.478. The number of amides is 2. The van der Waals surface area contributed by atoms with Gasteiger partial charge in [-0.25, -0.2) is 4.39 Å². The van der Waals surface area contributed by atoms with Crippen molar-refractivity contribution in [3.63, 3.8) is 0 Å². The van der Waals surface area contributed by atoms with Gasteiger partial charge >= 0.3 is 0 Å². The summed E-state index contributed by atoms with van der Waals surface area (Å²) in [4.78, 5) is 30.1. The molecular formula is C23H29FN4O3. The Morgan fingerprint density at radius 2 is 2.00 bits per heavy atom. The van der Waals surface area contributed by atoms with Crippen LogP contribution >= 0.6 is 0 Å². The minimum absolute atomic E-state index is 0.0483. The molecule has 166 valence electrons. The molecule has 3 N–H and O–H groups in total. The van der Waals surface area contributed by atoms with Crippen LogP contribution in [0.1, 0.15) is 28.8 Å². The number of methoxy groups -OCH3 is 1. The number of ether oxygens (including phenoxy) is 1. The summed E-state index contributed by atoms with van der Waals surface area (Å²) >= 11 is 0. The number of carbonyl (C=O) groups is 2. The maximum atomic E-state index is 13.7. The van der Waals surface area contributed by atoms with E-state index in [4.69, 9.17) is 4.74 Å². The monoisotopic (exact) mass is 428 g/mol. The molecule has 2 amide bonds. The summed E-state index contributed by atoms with van der Waals surface area (Å²) in [5.41, 5.74) is 1.55. The fourth-order valence-corrected chi connectivity index (χ4v) is 4.90. The number of anilines is 1. The number of likely N-dealkylation sites (tertiary alicyclic amines) is 1. The van der Waals surface area contributed by atoms with Gasteiger partial charge in [0.25, 0.3) is 5.91 Å². The lowest BCUT2D eigenvalue weighted by Crippen LogP contribution is -2.50. The Hall–Kier alpha value is -2.71. The third-order valence-corrected chi connectivity index (χ3v) is 6.58. The van der Waals surface area contributed by atoms with Gasteiger partial charge in [0.2, 0.25) is 5.91 Å². The molecule has 1 saturated heterocycles. The average Bonchev–Trinajstić information content (AvgIpc) is 3.40. The number of carbonyl (C=O) groups excluding carboxylic acids is 2. The van der Waals surface area contributed by atoms with Gasteiger partial charge in [-0.05, 0) is 49.8 Å². The normalized spacial score (nSPS) is 25.8. The van der Waals surface area contributed by atoms with Gasteiger partial charge in [0.1, 0.15) is 5.82 Å². The molecular weight excluding hydrogens is 399 g/mol. The average molecular weight is 429 g/mol. The number of aromatic amines is 1. The molecule has 0 spiro atoms. The predicted octanol–water partition coefficient (Wildman–Crippen LogP) is 2.56. The standard InChI is InChI=1S/C23H29FN4O3/c1-14-18(24)4-3-5-19(14)26-22(29)13-28-11-16-8-20(21(31-2)9-17(16)12-28)27-23(30)15-6-7-25-10-15/h3-7,10,16-17,20-21,25H,8-9,11-13H2,1-2H3,(H,26,29)(H,27,30)/t16-,17+,20-,21-/m0/s1. The summed E-state index contributed by atoms with van der Waals surface area (Å²) in [5, 5.41) is 5.94. The van der Waals surface area contributed by atoms with Gasteiger partial charge < -0.3 is 20.4 Å². The number of fused-ring (bicyclic) bond motifs is 1. The van der Waals surface area contributed by atoms with Crippen LogP contribution in [-0.2, 0) is 9.53 Å². The molecule has 2 aliphatic rings. The van der Waals surface area contributed by atoms with E-state index in [-0.39, 0.29) is 36.3 Å². The topological polar surface area (TPSA) is 86.5 Å². The highest BCUT2D eigenvalue weighted by Gasteiger charge is 2.43. The molecule has 31 heavy (non-hydrogen) atoms. The van der Waals surface area contributed by atoms with E-state index in [1.54, 1.807) is 44.6 Å². The lowest BCUT2D eigenvalue weighted by molar-refractivity contribution is -0.117. The zero-order valence-electron chi connectivity index (χ0n) is 17.9. The SMILES string of the molecule is CO[C@H]1C[C@@H]2CN(CC(=O)Nc3cccc(F)c3C)C[C@@H]2C[C@@H]1NC(=O)c1cc[nH]c1. The van der Waals surface area contributed by atoms with Crippen molar-refractivity contribution >= 4 is 17.5 Å². The highest BCUT2D eigenvalue weighted by molar-refractivity contribution is 5.94. The van der Waals surface area contributed by atoms with Crippen LogP contribution in [0.5, 0.6) is 0 Å². The first-order valence-electron chi connectivity index (χ1n) is 10.7. The molecule has 1 aliphatic heterocycles. The summed E-state index contributed by atoms with van der Waals surface area (Å²) in [6.45, 7) is 3.54. The second kappa shape index (κ2) is 9.20. The number of H-pyrrole nitrogens is 1. The van der Waals surface area contributed by atoms with Gasteiger partial charge in [0.15, 0.2) is 0 Å². The van der Waals surface area contributed by atoms with Crippen LogP contribution < -0.4 is 10.6 Å². The molecule has 1 aromatic heterocycles. The largest absolute Gasteiger partial charge is 0.379 e. The predicted molar refractivity (Wildman–Crippen MR) is 115 cm³/mol. The van der Waals surface area contributed by atoms with E-state index in [2.05, 4.69) is 20.5 Å². The number of halogens is 1. The molecule has 0 bridgehead atoms. The maximum Gasteiger partial charge on any atom is 0.253 e. The van der Waals surface area contributed by atoms with Crippen molar-refractivity contribution in [1.82, 2.24) is 15.2 Å². The molecule has 0 radical (unpaired) electrons. The van der Waals surface area contributed by atoms with Crippen molar-refractivity contribution in [1.29, 1.82) is 0 Å². The van der Waals surface area contributed by atoms with Gasteiger partial charge in [-0.15, -0.1) is 0 Å². The van der Waals surface area contributed by atoms with Crippen molar-refractivity contribution in [3.8, 4) is 0 Å². The minimum Gasteiger partial charge on any atom is -0.379 e. The Morgan fingerprint density at radius 3 is 2.71 bits per heavy atom. The van der Waals surface area contributed by atoms with Crippen LogP contribution in [0, 0.1) is 24.6 Å². The molecule has 4 atom stereocenters. The molecule has 2 aromatic rings. The molecule has 0 unspecified atom stereocenters. The van der Waals surface area contributed by atoms with Gasteiger partial charge in [0.05, 0.1) is 24.3 Å². The van der Waals surface area contributed by atoms with E-state index in [1.165, 1.54) is 6.07 Å². The minimum atomic E-state index is -0.330. The Labute approximate surface area is 181 Å². The molecule has 2 heterocycles. The van der Waals surface area contributed by atoms with Gasteiger partial charge in [-0.2, -0.15) is 0 Å². The first-order valence-corrected chi connectivity index (χ1v) is 10.7. The molecule has 8 heteroatoms. The third-order valence-electron chi connectivity index (χ3n) is 6.58. The Kier molecular flexibility index (Phi) is 6.38. The number of hydrogen-bond acceptors (Lipinski definition) is 4. The van der Waals surface area contributed by atoms with Crippen molar-refractivity contribution < 1.29 is 18.7 Å². The fourth-order valence-electron chi connectivity index (χ4n) is 4.90. The molecule has 7 nitrogen and oxygen atoms in total. The first kappa shape index (κ1) is 21.5. The highest BCUT2D eigenvalue weighted by Crippen LogP contribution is 2.37. The number of benzene rings is 1. The summed E-state index contributed by atoms with van der Waals surface area (Å²) in [7, 11) is 1.68. The molecule has 1 aromatic carbocycles. The van der Waals surface area contributed by atoms with E-state index in [0.717, 1.165) is 25.9 Å². The molecule has 1 aliphatic carbocycles. The van der Waals surface area contributed by atoms with Gasteiger partial charge in [-0.1, -0.05) is 6.07 Å². The van der Waals surface area contributed by atoms with Crippen LogP contribution in [0.25, 0.3) is 0 Å². The number of rotatable bonds is 6. The van der Waals surface area contributed by atoms with Crippen molar-refractivity contribution in [2.24, 2.45) is 11.8 Å².